The van der Waals surface area contributed by atoms with E-state index in [0.29, 0.717) is 22.1 Å². The lowest BCUT2D eigenvalue weighted by Gasteiger charge is -2.18. The highest BCUT2D eigenvalue weighted by Crippen LogP contribution is 2.40. The van der Waals surface area contributed by atoms with Crippen LogP contribution in [0, 0.1) is 5.92 Å². The molecule has 1 saturated carbocycles. The molecule has 3 N–H and O–H groups in total. The van der Waals surface area contributed by atoms with Gasteiger partial charge in [0.15, 0.2) is 5.82 Å². The molecule has 1 fully saturated rings. The van der Waals surface area contributed by atoms with E-state index in [9.17, 15) is 4.79 Å². The summed E-state index contributed by atoms with van der Waals surface area (Å²) in [6, 6.07) is 9.00. The maximum atomic E-state index is 13.0. The zero-order valence-corrected chi connectivity index (χ0v) is 12.5. The number of H-pyrrole nitrogens is 1. The van der Waals surface area contributed by atoms with Crippen molar-refractivity contribution in [1.82, 2.24) is 14.8 Å². The van der Waals surface area contributed by atoms with Gasteiger partial charge in [-0.1, -0.05) is 23.7 Å². The minimum atomic E-state index is -0.179. The lowest BCUT2D eigenvalue weighted by Crippen LogP contribution is -2.28. The fourth-order valence-electron chi connectivity index (χ4n) is 2.90. The van der Waals surface area contributed by atoms with Gasteiger partial charge in [-0.15, -0.1) is 0 Å². The topological polar surface area (TPSA) is 76.7 Å². The van der Waals surface area contributed by atoms with Gasteiger partial charge in [-0.3, -0.25) is 14.5 Å². The summed E-state index contributed by atoms with van der Waals surface area (Å²) < 4.78 is 1.58. The van der Waals surface area contributed by atoms with E-state index in [4.69, 9.17) is 17.3 Å². The third-order valence-corrected chi connectivity index (χ3v) is 4.53. The summed E-state index contributed by atoms with van der Waals surface area (Å²) in [5.74, 6) is 0.971. The third-order valence-electron chi connectivity index (χ3n) is 4.21. The summed E-state index contributed by atoms with van der Waals surface area (Å²) in [6.45, 7) is 0. The van der Waals surface area contributed by atoms with E-state index in [1.54, 1.807) is 22.9 Å². The zero-order valence-electron chi connectivity index (χ0n) is 11.8. The molecule has 4 rings (SSSR count). The van der Waals surface area contributed by atoms with Crippen molar-refractivity contribution in [3.05, 3.63) is 57.6 Å². The van der Waals surface area contributed by atoms with Crippen molar-refractivity contribution in [2.45, 2.75) is 18.9 Å². The minimum absolute atomic E-state index is 0.173. The minimum Gasteiger partial charge on any atom is -0.322 e. The molecule has 22 heavy (non-hydrogen) atoms. The Labute approximate surface area is 131 Å². The molecule has 0 unspecified atom stereocenters. The van der Waals surface area contributed by atoms with Crippen molar-refractivity contribution in [3.8, 4) is 5.82 Å². The van der Waals surface area contributed by atoms with Crippen LogP contribution in [0.4, 0.5) is 0 Å². The Morgan fingerprint density at radius 1 is 1.36 bits per heavy atom. The number of halogens is 1. The summed E-state index contributed by atoms with van der Waals surface area (Å²) in [5.41, 5.74) is 6.98. The normalized spacial score (nSPS) is 16.1. The first-order valence-electron chi connectivity index (χ1n) is 7.27. The number of benzene rings is 1. The van der Waals surface area contributed by atoms with Gasteiger partial charge >= 0.3 is 0 Å². The van der Waals surface area contributed by atoms with Crippen molar-refractivity contribution in [1.29, 1.82) is 0 Å². The molecular weight excluding hydrogens is 300 g/mol. The summed E-state index contributed by atoms with van der Waals surface area (Å²) in [6.07, 6.45) is 3.89. The molecule has 5 nitrogen and oxygen atoms in total. The van der Waals surface area contributed by atoms with E-state index in [0.717, 1.165) is 23.9 Å². The van der Waals surface area contributed by atoms with E-state index in [1.165, 1.54) is 0 Å². The number of aromatic amines is 1. The quantitative estimate of drug-likeness (QED) is 0.780. The average Bonchev–Trinajstić information content (AvgIpc) is 3.22. The summed E-state index contributed by atoms with van der Waals surface area (Å²) >= 11 is 6.23. The highest BCUT2D eigenvalue weighted by Gasteiger charge is 2.32. The number of aromatic nitrogens is 3. The second-order valence-electron chi connectivity index (χ2n) is 5.71. The third kappa shape index (κ3) is 2.05. The van der Waals surface area contributed by atoms with Crippen LogP contribution < -0.4 is 11.3 Å². The highest BCUT2D eigenvalue weighted by molar-refractivity contribution is 6.35. The van der Waals surface area contributed by atoms with Crippen molar-refractivity contribution < 1.29 is 0 Å². The van der Waals surface area contributed by atoms with Gasteiger partial charge in [-0.05, 0) is 36.3 Å². The fourth-order valence-corrected chi connectivity index (χ4v) is 3.16. The predicted molar refractivity (Wildman–Crippen MR) is 86.4 cm³/mol. The largest absolute Gasteiger partial charge is 0.322 e. The molecular formula is C16H15ClN4O. The molecule has 0 radical (unpaired) electrons. The molecule has 112 valence electrons. The van der Waals surface area contributed by atoms with Crippen LogP contribution in [0.25, 0.3) is 16.6 Å². The Morgan fingerprint density at radius 2 is 2.18 bits per heavy atom. The van der Waals surface area contributed by atoms with E-state index in [-0.39, 0.29) is 11.6 Å². The van der Waals surface area contributed by atoms with Gasteiger partial charge < -0.3 is 5.73 Å². The van der Waals surface area contributed by atoms with Crippen molar-refractivity contribution in [2.75, 3.05) is 0 Å². The van der Waals surface area contributed by atoms with E-state index in [1.807, 2.05) is 18.2 Å². The van der Waals surface area contributed by atoms with E-state index < -0.39 is 0 Å². The average molecular weight is 315 g/mol. The highest BCUT2D eigenvalue weighted by atomic mass is 35.5. The molecule has 0 bridgehead atoms. The molecule has 3 aromatic rings. The van der Waals surface area contributed by atoms with Crippen molar-refractivity contribution >= 4 is 22.4 Å². The Hall–Kier alpha value is -2.11. The van der Waals surface area contributed by atoms with Crippen LogP contribution in [-0.4, -0.2) is 14.8 Å². The first-order valence-corrected chi connectivity index (χ1v) is 7.64. The number of nitrogens with zero attached hydrogens (tertiary/aromatic N) is 2. The van der Waals surface area contributed by atoms with Crippen LogP contribution in [0.5, 0.6) is 0 Å². The Morgan fingerprint density at radius 3 is 2.86 bits per heavy atom. The number of pyridine rings is 1. The molecule has 6 heteroatoms. The maximum Gasteiger partial charge on any atom is 0.265 e. The monoisotopic (exact) mass is 314 g/mol. The molecule has 1 aliphatic carbocycles. The van der Waals surface area contributed by atoms with Gasteiger partial charge in [0.2, 0.25) is 0 Å². The van der Waals surface area contributed by atoms with Gasteiger partial charge in [0.25, 0.3) is 5.56 Å². The van der Waals surface area contributed by atoms with Gasteiger partial charge in [0, 0.05) is 24.0 Å². The first kappa shape index (κ1) is 13.5. The van der Waals surface area contributed by atoms with Crippen LogP contribution >= 0.6 is 11.6 Å². The lowest BCUT2D eigenvalue weighted by molar-refractivity contribution is 0.593. The zero-order chi connectivity index (χ0) is 15.3. The number of nitrogens with one attached hydrogen (secondary N) is 1. The van der Waals surface area contributed by atoms with Gasteiger partial charge in [-0.2, -0.15) is 5.10 Å². The SMILES string of the molecule is N[C@H](c1cc2cccc(Cl)c2c(=O)n1-c1cc[nH]n1)C1CC1. The van der Waals surface area contributed by atoms with Crippen LogP contribution in [-0.2, 0) is 0 Å². The lowest BCUT2D eigenvalue weighted by atomic mass is 10.0. The molecule has 2 heterocycles. The standard InChI is InChI=1S/C16H15ClN4O/c17-11-3-1-2-10-8-12(15(18)9-4-5-9)21(16(22)14(10)11)13-6-7-19-20-13/h1-3,6-9,15H,4-5,18H2,(H,19,20)/t15-/m0/s1. The molecule has 0 spiro atoms. The summed E-state index contributed by atoms with van der Waals surface area (Å²) in [7, 11) is 0. The second kappa shape index (κ2) is 4.97. The van der Waals surface area contributed by atoms with Gasteiger partial charge in [0.1, 0.15) is 0 Å². The van der Waals surface area contributed by atoms with Crippen LogP contribution in [0.15, 0.2) is 41.3 Å². The van der Waals surface area contributed by atoms with Crippen molar-refractivity contribution in [2.24, 2.45) is 11.7 Å². The van der Waals surface area contributed by atoms with Crippen LogP contribution in [0.1, 0.15) is 24.6 Å². The fraction of sp³-hybridized carbons (Fsp3) is 0.250. The van der Waals surface area contributed by atoms with E-state index in [2.05, 4.69) is 10.2 Å². The van der Waals surface area contributed by atoms with Crippen molar-refractivity contribution in [3.63, 3.8) is 0 Å². The molecule has 1 atom stereocenters. The van der Waals surface area contributed by atoms with Crippen LogP contribution in [0.3, 0.4) is 0 Å². The van der Waals surface area contributed by atoms with Gasteiger partial charge in [-0.25, -0.2) is 0 Å². The maximum absolute atomic E-state index is 13.0. The molecule has 1 aliphatic rings. The Bertz CT molecular complexity index is 896. The number of rotatable bonds is 3. The number of hydrogen-bond donors (Lipinski definition) is 2. The second-order valence-corrected chi connectivity index (χ2v) is 6.12. The number of nitrogens with two attached hydrogens (primary N) is 1. The number of hydrogen-bond acceptors (Lipinski definition) is 3. The molecule has 0 saturated heterocycles. The molecule has 0 amide bonds. The molecule has 2 aromatic heterocycles. The molecule has 1 aromatic carbocycles. The summed E-state index contributed by atoms with van der Waals surface area (Å²) in [4.78, 5) is 13.0. The van der Waals surface area contributed by atoms with Gasteiger partial charge in [0.05, 0.1) is 10.4 Å². The van der Waals surface area contributed by atoms with E-state index >= 15 is 0 Å². The van der Waals surface area contributed by atoms with Crippen LogP contribution in [0.2, 0.25) is 5.02 Å². The Balaban J connectivity index is 2.08. The summed E-state index contributed by atoms with van der Waals surface area (Å²) in [5, 5.41) is 8.65. The number of fused-ring (bicyclic) bond motifs is 1. The first-order chi connectivity index (χ1) is 10.7. The predicted octanol–water partition coefficient (Wildman–Crippen LogP) is 2.78. The smallest absolute Gasteiger partial charge is 0.265 e. The molecule has 0 aliphatic heterocycles. The Kier molecular flexibility index (Phi) is 3.06.